The van der Waals surface area contributed by atoms with Gasteiger partial charge in [-0.1, -0.05) is 49.2 Å². The molecule has 3 aliphatic heterocycles. The van der Waals surface area contributed by atoms with Gasteiger partial charge in [-0.25, -0.2) is 0 Å². The number of carbonyl (C=O) groups excluding carboxylic acids is 7. The minimum atomic E-state index is -2.85. The number of hydrogen-bond acceptors (Lipinski definition) is 24. The van der Waals surface area contributed by atoms with E-state index in [4.69, 9.17) is 41.6 Å². The van der Waals surface area contributed by atoms with Crippen molar-refractivity contribution in [1.82, 2.24) is 16.0 Å². The van der Waals surface area contributed by atoms with Crippen molar-refractivity contribution in [3.8, 4) is 0 Å². The van der Waals surface area contributed by atoms with Crippen LogP contribution < -0.4 is 145 Å². The first kappa shape index (κ1) is 82.9. The third-order valence-corrected chi connectivity index (χ3v) is 16.0. The first-order valence-electron chi connectivity index (χ1n) is 27.3. The van der Waals surface area contributed by atoms with Crippen LogP contribution in [0, 0.1) is 17.9 Å². The van der Waals surface area contributed by atoms with Crippen molar-refractivity contribution in [2.75, 3.05) is 44.9 Å². The van der Waals surface area contributed by atoms with Crippen LogP contribution >= 0.6 is 0 Å². The van der Waals surface area contributed by atoms with E-state index >= 15 is 0 Å². The second-order valence-corrected chi connectivity index (χ2v) is 22.9. The van der Waals surface area contributed by atoms with Crippen molar-refractivity contribution in [2.45, 2.75) is 174 Å². The van der Waals surface area contributed by atoms with Gasteiger partial charge in [0.1, 0.15) is 25.4 Å². The Morgan fingerprint density at radius 3 is 2.20 bits per heavy atom. The topological polar surface area (TPSA) is 430 Å². The van der Waals surface area contributed by atoms with Gasteiger partial charge < -0.3 is 83.4 Å². The van der Waals surface area contributed by atoms with Gasteiger partial charge in [0.05, 0.1) is 74.9 Å². The number of imide groups is 1. The molecule has 0 aromatic heterocycles. The summed E-state index contributed by atoms with van der Waals surface area (Å²) >= 11 is -6.32. The Kier molecular flexibility index (Phi) is 39.8. The molecule has 5 aliphatic rings. The second-order valence-electron chi connectivity index (χ2n) is 20.9. The third-order valence-electron chi connectivity index (χ3n) is 14.7. The molecular weight excluding hydrogens is 1260 g/mol. The summed E-state index contributed by atoms with van der Waals surface area (Å²) in [6.07, 6.45) is -5.74. The van der Waals surface area contributed by atoms with Crippen molar-refractivity contribution < 1.29 is 231 Å². The fraction of sp³-hybridized carbons (Fsp3) is 0.642. The maximum Gasteiger partial charge on any atom is 1.00 e. The fourth-order valence-electron chi connectivity index (χ4n) is 10.8. The van der Waals surface area contributed by atoms with Gasteiger partial charge in [0, 0.05) is 59.6 Å². The number of hydrogen-bond donors (Lipinski definition) is 7. The van der Waals surface area contributed by atoms with Gasteiger partial charge in [-0.15, -0.1) is 5.39 Å². The monoisotopic (exact) mass is 1330 g/mol. The Morgan fingerprint density at radius 1 is 0.886 bits per heavy atom. The van der Waals surface area contributed by atoms with Crippen LogP contribution in [0.5, 0.6) is 0 Å². The normalized spacial score (nSPS) is 26.3. The average Bonchev–Trinajstić information content (AvgIpc) is 2.11. The van der Waals surface area contributed by atoms with Gasteiger partial charge in [-0.05, 0) is 66.8 Å². The second kappa shape index (κ2) is 42.3. The van der Waals surface area contributed by atoms with E-state index in [1.165, 1.54) is 25.1 Å². The Balaban J connectivity index is 0.00000369. The zero-order chi connectivity index (χ0) is 61.0. The van der Waals surface area contributed by atoms with Crippen molar-refractivity contribution in [3.05, 3.63) is 42.0 Å². The molecular formula is C53H68N4Na4O24S3. The van der Waals surface area contributed by atoms with Gasteiger partial charge in [0.25, 0.3) is 5.91 Å². The minimum absolute atomic E-state index is 0. The van der Waals surface area contributed by atoms with Crippen LogP contribution in [0.2, 0.25) is 0 Å². The van der Waals surface area contributed by atoms with Crippen molar-refractivity contribution >= 4 is 91.5 Å². The molecule has 7 N–H and O–H groups in total. The number of ketones is 1. The molecule has 28 nitrogen and oxygen atoms in total. The van der Waals surface area contributed by atoms with E-state index in [-0.39, 0.29) is 239 Å². The first-order valence-corrected chi connectivity index (χ1v) is 30.1. The van der Waals surface area contributed by atoms with Crippen LogP contribution in [-0.2, 0) is 100 Å². The number of carboxylic acids is 1. The van der Waals surface area contributed by atoms with Crippen molar-refractivity contribution in [1.29, 1.82) is 0 Å². The van der Waals surface area contributed by atoms with Gasteiger partial charge >= 0.3 is 130 Å². The third kappa shape index (κ3) is 26.2. The van der Waals surface area contributed by atoms with E-state index in [0.29, 0.717) is 0 Å². The van der Waals surface area contributed by atoms with Crippen LogP contribution in [0.3, 0.4) is 0 Å². The number of aliphatic carboxylic acids is 1. The van der Waals surface area contributed by atoms with E-state index < -0.39 is 162 Å². The molecule has 4 fully saturated rings. The Bertz CT molecular complexity index is 2770. The van der Waals surface area contributed by atoms with Crippen LogP contribution in [0.25, 0.3) is 10.8 Å². The summed E-state index contributed by atoms with van der Waals surface area (Å²) < 4.78 is 106. The number of aliphatic hydroxyl groups is 3. The molecule has 2 saturated heterocycles. The molecule has 35 heteroatoms. The number of carboxylic acid groups (broad SMARTS) is 1. The fourth-order valence-corrected chi connectivity index (χ4v) is 11.9. The number of carbonyl (C=O) groups is 7. The summed E-state index contributed by atoms with van der Waals surface area (Å²) in [6.45, 7) is 0.0496. The number of rotatable bonds is 27. The number of fused-ring (bicyclic) bond motifs is 1. The molecule has 14 atom stereocenters. The molecule has 88 heavy (non-hydrogen) atoms. The molecule has 466 valence electrons. The molecule has 6 unspecified atom stereocenters. The molecule has 3 heterocycles. The summed E-state index contributed by atoms with van der Waals surface area (Å²) in [7, 11) is 0. The number of Topliss-reactive ketones (excluding diaryl/α,β-unsaturated/α-hetero) is 1. The van der Waals surface area contributed by atoms with Gasteiger partial charge in [-0.3, -0.25) is 42.5 Å². The summed E-state index contributed by atoms with van der Waals surface area (Å²) in [5.41, 5.74) is -0.122. The Labute approximate surface area is 604 Å². The number of aliphatic hydroxyl groups excluding tert-OH is 3. The molecule has 2 aromatic rings. The number of nitrogens with one attached hydrogen (secondary N) is 4. The summed E-state index contributed by atoms with van der Waals surface area (Å²) in [6, 6.07) is 6.50. The molecule has 0 radical (unpaired) electrons. The minimum Gasteiger partial charge on any atom is -0.768 e. The van der Waals surface area contributed by atoms with Crippen molar-refractivity contribution in [2.24, 2.45) is 11.8 Å². The van der Waals surface area contributed by atoms with Gasteiger partial charge in [-0.2, -0.15) is 26.6 Å². The summed E-state index contributed by atoms with van der Waals surface area (Å²) in [4.78, 5) is 89.9. The molecule has 2 saturated carbocycles. The Morgan fingerprint density at radius 2 is 1.57 bits per heavy atom. The van der Waals surface area contributed by atoms with E-state index in [9.17, 15) is 71.5 Å². The summed E-state index contributed by atoms with van der Waals surface area (Å²) in [5, 5.41) is 54.5. The predicted molar refractivity (Wildman–Crippen MR) is 285 cm³/mol. The van der Waals surface area contributed by atoms with Crippen LogP contribution in [0.4, 0.5) is 5.69 Å². The zero-order valence-corrected chi connectivity index (χ0v) is 60.1. The standard InChI is InChI=1S/C53H71N4O22S2.4Na.O2S/c1-28-49(64)39(60)24-47(75-28)79-50-38(56-52(66)32-19-43(61)57-44(62)20-32)17-31(18-40(50)78-46-22-34(21-35(25-58)77-46)76-41(53(67)68)15-29-7-3-2-4-8-29)51(65)54-12-6-10-33(59)26-73-13-14-74-27-45(63)55-37-11-5-9-30-16-36(80(69)70)23-42(48(30)37)81(71)72;;;;;1-3-2/h9,11,16,19,23,28-29,31,34-35,38-41,46-47,49-50,58,60,64H,2-4,6-8,10,12-15,17-18,20-22,24-27H2,1H3,(H,54,65)(H,55,63)(H,56,66)(H,67,68)(H,69,70)(H,71,72)(H,57,61,62);;;;;/q-1;4*+1;/p-3/t28?,31?,34?,35-,38?,39-,40-,41+,46+,47+,49-,50-;;;;;/m1...../s1. The molecule has 2 aromatic carbocycles. The molecule has 2 aliphatic carbocycles. The average molecular weight is 1330 g/mol. The zero-order valence-electron chi connectivity index (χ0n) is 49.7. The number of ether oxygens (including phenoxy) is 7. The number of amides is 5. The molecule has 5 amide bonds. The van der Waals surface area contributed by atoms with Crippen LogP contribution in [-0.4, -0.2) is 190 Å². The van der Waals surface area contributed by atoms with E-state index in [1.807, 2.05) is 0 Å². The molecule has 0 bridgehead atoms. The largest absolute Gasteiger partial charge is 1.00 e. The van der Waals surface area contributed by atoms with Gasteiger partial charge in [0.15, 0.2) is 18.4 Å². The predicted octanol–water partition coefficient (Wildman–Crippen LogP) is -13.6. The quantitative estimate of drug-likeness (QED) is 0.0144. The Hall–Kier alpha value is -1.23. The first-order chi connectivity index (χ1) is 40.2. The van der Waals surface area contributed by atoms with Crippen LogP contribution in [0.1, 0.15) is 96.8 Å². The van der Waals surface area contributed by atoms with Crippen LogP contribution in [0.15, 0.2) is 45.7 Å². The number of anilines is 1. The summed E-state index contributed by atoms with van der Waals surface area (Å²) in [5.74, 6) is -6.06. The SMILES string of the molecule is CC1O[C@@H](O[C@@H]2C(NC(=O)C3=CC(=O)NC(=O)C3)CC(C(=O)NCCCC(=O)COCCOCC(=O)Nc3c[c-]cc4cc(S(=O)[O-])cc(S(=O)[O-])c34)C[C@H]2O[C@H]2CC(O[C@@H](CC3CCCCC3)C(=O)[O-])C[C@H](CO)O2)C[C@@H](O)[C@@H]1O.O=S=O.[Na+].[Na+].[Na+].[Na+]. The van der Waals surface area contributed by atoms with E-state index in [0.717, 1.165) is 44.2 Å². The number of benzene rings is 2. The van der Waals surface area contributed by atoms with E-state index in [2.05, 4.69) is 27.3 Å². The molecule has 7 rings (SSSR count). The maximum absolute atomic E-state index is 14.1. The van der Waals surface area contributed by atoms with E-state index in [1.54, 1.807) is 0 Å². The van der Waals surface area contributed by atoms with Gasteiger partial charge in [0.2, 0.25) is 23.6 Å². The smallest absolute Gasteiger partial charge is 0.768 e. The van der Waals surface area contributed by atoms with Crippen molar-refractivity contribution in [3.63, 3.8) is 0 Å². The maximum atomic E-state index is 14.1. The molecule has 0 spiro atoms.